The molecular formula is C10H6BrClN2. The highest BCUT2D eigenvalue weighted by molar-refractivity contribution is 9.10. The predicted octanol–water partition coefficient (Wildman–Crippen LogP) is 3.56. The molecule has 0 aliphatic carbocycles. The van der Waals surface area contributed by atoms with Crippen molar-refractivity contribution < 1.29 is 0 Å². The lowest BCUT2D eigenvalue weighted by Crippen LogP contribution is -1.84. The van der Waals surface area contributed by atoms with E-state index in [4.69, 9.17) is 11.6 Å². The topological polar surface area (TPSA) is 25.8 Å². The van der Waals surface area contributed by atoms with E-state index in [9.17, 15) is 0 Å². The molecule has 70 valence electrons. The van der Waals surface area contributed by atoms with Gasteiger partial charge < -0.3 is 0 Å². The molecule has 2 heterocycles. The van der Waals surface area contributed by atoms with Gasteiger partial charge in [-0.1, -0.05) is 11.6 Å². The fraction of sp³-hybridized carbons (Fsp3) is 0. The standard InChI is InChI=1S/C10H6BrClN2/c11-9-2-1-8(10(12)14-9)7-3-5-13-6-4-7/h1-6H. The number of halogens is 2. The van der Waals surface area contributed by atoms with E-state index in [0.717, 1.165) is 15.7 Å². The van der Waals surface area contributed by atoms with Gasteiger partial charge in [0.15, 0.2) is 0 Å². The minimum atomic E-state index is 0.491. The van der Waals surface area contributed by atoms with E-state index >= 15 is 0 Å². The summed E-state index contributed by atoms with van der Waals surface area (Å²) in [6, 6.07) is 7.59. The minimum Gasteiger partial charge on any atom is -0.265 e. The molecule has 4 heteroatoms. The first-order valence-corrected chi connectivity index (χ1v) is 5.17. The molecule has 2 aromatic heterocycles. The van der Waals surface area contributed by atoms with E-state index in [1.54, 1.807) is 12.4 Å². The Morgan fingerprint density at radius 1 is 1.07 bits per heavy atom. The van der Waals surface area contributed by atoms with Crippen molar-refractivity contribution in [1.29, 1.82) is 0 Å². The fourth-order valence-electron chi connectivity index (χ4n) is 1.16. The highest BCUT2D eigenvalue weighted by Gasteiger charge is 2.04. The van der Waals surface area contributed by atoms with Crippen LogP contribution >= 0.6 is 27.5 Å². The van der Waals surface area contributed by atoms with Gasteiger partial charge in [0.25, 0.3) is 0 Å². The number of rotatable bonds is 1. The van der Waals surface area contributed by atoms with E-state index in [2.05, 4.69) is 25.9 Å². The van der Waals surface area contributed by atoms with Crippen LogP contribution in [0.2, 0.25) is 5.15 Å². The molecule has 2 aromatic rings. The number of nitrogens with zero attached hydrogens (tertiary/aromatic N) is 2. The Labute approximate surface area is 95.1 Å². The lowest BCUT2D eigenvalue weighted by molar-refractivity contribution is 1.27. The summed E-state index contributed by atoms with van der Waals surface area (Å²) in [4.78, 5) is 8.06. The summed E-state index contributed by atoms with van der Waals surface area (Å²) in [7, 11) is 0. The molecule has 0 N–H and O–H groups in total. The Balaban J connectivity index is 2.53. The maximum atomic E-state index is 6.00. The third kappa shape index (κ3) is 1.94. The summed E-state index contributed by atoms with van der Waals surface area (Å²) >= 11 is 9.26. The molecule has 2 rings (SSSR count). The summed E-state index contributed by atoms with van der Waals surface area (Å²) in [5.74, 6) is 0. The van der Waals surface area contributed by atoms with Crippen LogP contribution in [0.4, 0.5) is 0 Å². The number of aromatic nitrogens is 2. The van der Waals surface area contributed by atoms with Crippen LogP contribution in [0.3, 0.4) is 0 Å². The molecule has 14 heavy (non-hydrogen) atoms. The Bertz CT molecular complexity index is 445. The molecule has 0 saturated heterocycles. The second kappa shape index (κ2) is 4.07. The van der Waals surface area contributed by atoms with E-state index in [1.165, 1.54) is 0 Å². The number of hydrogen-bond donors (Lipinski definition) is 0. The van der Waals surface area contributed by atoms with E-state index in [-0.39, 0.29) is 0 Å². The van der Waals surface area contributed by atoms with Crippen molar-refractivity contribution in [2.45, 2.75) is 0 Å². The van der Waals surface area contributed by atoms with Crippen molar-refractivity contribution in [3.05, 3.63) is 46.4 Å². The largest absolute Gasteiger partial charge is 0.265 e. The second-order valence-electron chi connectivity index (χ2n) is 2.71. The molecule has 0 amide bonds. The van der Waals surface area contributed by atoms with Crippen LogP contribution in [-0.2, 0) is 0 Å². The Hall–Kier alpha value is -0.930. The fourth-order valence-corrected chi connectivity index (χ4v) is 1.83. The number of hydrogen-bond acceptors (Lipinski definition) is 2. The molecule has 0 radical (unpaired) electrons. The molecule has 0 saturated carbocycles. The molecule has 0 fully saturated rings. The van der Waals surface area contributed by atoms with Crippen LogP contribution < -0.4 is 0 Å². The van der Waals surface area contributed by atoms with Gasteiger partial charge in [0.2, 0.25) is 0 Å². The molecule has 0 unspecified atom stereocenters. The molecule has 0 aliphatic heterocycles. The van der Waals surface area contributed by atoms with Crippen molar-refractivity contribution in [1.82, 2.24) is 9.97 Å². The van der Waals surface area contributed by atoms with Gasteiger partial charge in [0.1, 0.15) is 9.76 Å². The Morgan fingerprint density at radius 3 is 2.43 bits per heavy atom. The second-order valence-corrected chi connectivity index (χ2v) is 3.88. The van der Waals surface area contributed by atoms with E-state index < -0.39 is 0 Å². The third-order valence-electron chi connectivity index (χ3n) is 1.81. The minimum absolute atomic E-state index is 0.491. The summed E-state index contributed by atoms with van der Waals surface area (Å²) in [6.07, 6.45) is 3.46. The van der Waals surface area contributed by atoms with Crippen LogP contribution in [0.1, 0.15) is 0 Å². The van der Waals surface area contributed by atoms with Gasteiger partial charge in [-0.05, 0) is 45.8 Å². The summed E-state index contributed by atoms with van der Waals surface area (Å²) < 4.78 is 0.736. The smallest absolute Gasteiger partial charge is 0.138 e. The van der Waals surface area contributed by atoms with Gasteiger partial charge >= 0.3 is 0 Å². The highest BCUT2D eigenvalue weighted by atomic mass is 79.9. The SMILES string of the molecule is Clc1nc(Br)ccc1-c1ccncc1. The monoisotopic (exact) mass is 268 g/mol. The van der Waals surface area contributed by atoms with Crippen LogP contribution in [0.15, 0.2) is 41.3 Å². The van der Waals surface area contributed by atoms with Crippen molar-refractivity contribution in [3.8, 4) is 11.1 Å². The van der Waals surface area contributed by atoms with Crippen LogP contribution in [-0.4, -0.2) is 9.97 Å². The lowest BCUT2D eigenvalue weighted by atomic mass is 10.1. The van der Waals surface area contributed by atoms with Gasteiger partial charge in [-0.15, -0.1) is 0 Å². The maximum Gasteiger partial charge on any atom is 0.138 e. The third-order valence-corrected chi connectivity index (χ3v) is 2.54. The van der Waals surface area contributed by atoms with Gasteiger partial charge in [-0.2, -0.15) is 0 Å². The summed E-state index contributed by atoms with van der Waals surface area (Å²) in [6.45, 7) is 0. The van der Waals surface area contributed by atoms with Crippen LogP contribution in [0.25, 0.3) is 11.1 Å². The normalized spacial score (nSPS) is 10.1. The predicted molar refractivity (Wildman–Crippen MR) is 60.2 cm³/mol. The zero-order valence-electron chi connectivity index (χ0n) is 7.11. The van der Waals surface area contributed by atoms with E-state index in [0.29, 0.717) is 5.15 Å². The van der Waals surface area contributed by atoms with Gasteiger partial charge in [-0.25, -0.2) is 4.98 Å². The van der Waals surface area contributed by atoms with Crippen LogP contribution in [0.5, 0.6) is 0 Å². The van der Waals surface area contributed by atoms with Crippen molar-refractivity contribution in [3.63, 3.8) is 0 Å². The Morgan fingerprint density at radius 2 is 1.79 bits per heavy atom. The average Bonchev–Trinajstić information content (AvgIpc) is 2.19. The zero-order chi connectivity index (χ0) is 9.97. The van der Waals surface area contributed by atoms with Gasteiger partial charge in [-0.3, -0.25) is 4.98 Å². The highest BCUT2D eigenvalue weighted by Crippen LogP contribution is 2.26. The molecule has 0 aliphatic rings. The molecular weight excluding hydrogens is 263 g/mol. The summed E-state index contributed by atoms with van der Waals surface area (Å²) in [5, 5.41) is 0.491. The molecule has 2 nitrogen and oxygen atoms in total. The average molecular weight is 270 g/mol. The first-order valence-electron chi connectivity index (χ1n) is 4.00. The first kappa shape index (κ1) is 9.62. The zero-order valence-corrected chi connectivity index (χ0v) is 9.46. The first-order chi connectivity index (χ1) is 6.77. The van der Waals surface area contributed by atoms with E-state index in [1.807, 2.05) is 24.3 Å². The van der Waals surface area contributed by atoms with Crippen molar-refractivity contribution in [2.75, 3.05) is 0 Å². The molecule has 0 atom stereocenters. The number of pyridine rings is 2. The van der Waals surface area contributed by atoms with Crippen molar-refractivity contribution in [2.24, 2.45) is 0 Å². The van der Waals surface area contributed by atoms with Gasteiger partial charge in [0, 0.05) is 18.0 Å². The maximum absolute atomic E-state index is 6.00. The lowest BCUT2D eigenvalue weighted by Gasteiger charge is -2.02. The van der Waals surface area contributed by atoms with Gasteiger partial charge in [0.05, 0.1) is 0 Å². The van der Waals surface area contributed by atoms with Crippen LogP contribution in [0, 0.1) is 0 Å². The molecule has 0 aromatic carbocycles. The summed E-state index contributed by atoms with van der Waals surface area (Å²) in [5.41, 5.74) is 1.93. The Kier molecular flexibility index (Phi) is 2.79. The molecule has 0 spiro atoms. The van der Waals surface area contributed by atoms with Crippen molar-refractivity contribution >= 4 is 27.5 Å². The molecule has 0 bridgehead atoms. The quantitative estimate of drug-likeness (QED) is 0.740.